The van der Waals surface area contributed by atoms with Crippen LogP contribution in [0.1, 0.15) is 13.8 Å². The van der Waals surface area contributed by atoms with Crippen LogP contribution in [0.2, 0.25) is 0 Å². The third-order valence-electron chi connectivity index (χ3n) is 2.28. The Morgan fingerprint density at radius 3 is 2.39 bits per heavy atom. The first-order valence-corrected chi connectivity index (χ1v) is 6.59. The third kappa shape index (κ3) is 2.99. The van der Waals surface area contributed by atoms with Crippen LogP contribution in [-0.2, 0) is 14.8 Å². The lowest BCUT2D eigenvalue weighted by Gasteiger charge is -2.21. The van der Waals surface area contributed by atoms with Crippen molar-refractivity contribution in [3.8, 4) is 5.75 Å². The van der Waals surface area contributed by atoms with Crippen molar-refractivity contribution < 1.29 is 23.1 Å². The molecule has 2 N–H and O–H groups in total. The molecule has 0 aromatic heterocycles. The van der Waals surface area contributed by atoms with E-state index in [0.29, 0.717) is 0 Å². The van der Waals surface area contributed by atoms with Gasteiger partial charge < -0.3 is 9.84 Å². The fraction of sp³-hybridized carbons (Fsp3) is 0.364. The topological polar surface area (TPSA) is 92.7 Å². The number of sulfonamides is 1. The maximum atomic E-state index is 12.1. The summed E-state index contributed by atoms with van der Waals surface area (Å²) >= 11 is 0. The second-order valence-corrected chi connectivity index (χ2v) is 5.84. The molecule has 0 aliphatic rings. The molecular formula is C11H15NO5S. The van der Waals surface area contributed by atoms with Gasteiger partial charge in [-0.2, -0.15) is 4.72 Å². The molecule has 0 bridgehead atoms. The van der Waals surface area contributed by atoms with Crippen LogP contribution in [-0.4, -0.2) is 32.1 Å². The maximum Gasteiger partial charge on any atom is 0.324 e. The zero-order chi connectivity index (χ0) is 14.0. The van der Waals surface area contributed by atoms with Crippen LogP contribution in [0.3, 0.4) is 0 Å². The lowest BCUT2D eigenvalue weighted by Crippen LogP contribution is -2.49. The van der Waals surface area contributed by atoms with Gasteiger partial charge in [-0.05, 0) is 26.0 Å². The van der Waals surface area contributed by atoms with Crippen molar-refractivity contribution in [1.29, 1.82) is 0 Å². The average Bonchev–Trinajstić information content (AvgIpc) is 2.27. The first-order valence-electron chi connectivity index (χ1n) is 5.11. The Balaban J connectivity index is 3.19. The molecule has 0 radical (unpaired) electrons. The van der Waals surface area contributed by atoms with Crippen LogP contribution in [0.4, 0.5) is 0 Å². The Hall–Kier alpha value is -1.60. The zero-order valence-corrected chi connectivity index (χ0v) is 11.1. The summed E-state index contributed by atoms with van der Waals surface area (Å²) in [6, 6.07) is 5.99. The largest absolute Gasteiger partial charge is 0.495 e. The molecule has 0 amide bonds. The van der Waals surface area contributed by atoms with Gasteiger partial charge in [0.05, 0.1) is 7.11 Å². The Morgan fingerprint density at radius 1 is 1.33 bits per heavy atom. The minimum atomic E-state index is -3.96. The van der Waals surface area contributed by atoms with Crippen molar-refractivity contribution in [3.05, 3.63) is 24.3 Å². The molecule has 0 heterocycles. The molecule has 7 heteroatoms. The highest BCUT2D eigenvalue weighted by Crippen LogP contribution is 2.23. The first-order chi connectivity index (χ1) is 8.20. The molecule has 0 atom stereocenters. The van der Waals surface area contributed by atoms with Crippen molar-refractivity contribution in [2.24, 2.45) is 0 Å². The molecule has 0 fully saturated rings. The fourth-order valence-corrected chi connectivity index (χ4v) is 2.82. The number of benzene rings is 1. The molecule has 100 valence electrons. The van der Waals surface area contributed by atoms with E-state index in [0.717, 1.165) is 0 Å². The molecule has 0 aliphatic carbocycles. The molecule has 0 aliphatic heterocycles. The normalized spacial score (nSPS) is 12.2. The quantitative estimate of drug-likeness (QED) is 0.829. The van der Waals surface area contributed by atoms with Crippen molar-refractivity contribution in [2.75, 3.05) is 7.11 Å². The summed E-state index contributed by atoms with van der Waals surface area (Å²) in [6.45, 7) is 2.53. The van der Waals surface area contributed by atoms with Gasteiger partial charge in [-0.1, -0.05) is 12.1 Å². The third-order valence-corrected chi connectivity index (χ3v) is 3.98. The predicted molar refractivity (Wildman–Crippen MR) is 65.0 cm³/mol. The van der Waals surface area contributed by atoms with Gasteiger partial charge in [0.25, 0.3) is 0 Å². The highest BCUT2D eigenvalue weighted by atomic mass is 32.2. The molecule has 0 saturated carbocycles. The van der Waals surface area contributed by atoms with Gasteiger partial charge in [-0.25, -0.2) is 8.42 Å². The highest BCUT2D eigenvalue weighted by Gasteiger charge is 2.34. The van der Waals surface area contributed by atoms with Gasteiger partial charge in [-0.3, -0.25) is 4.79 Å². The fourth-order valence-electron chi connectivity index (χ4n) is 1.28. The van der Waals surface area contributed by atoms with E-state index in [-0.39, 0.29) is 10.6 Å². The number of rotatable bonds is 5. The highest BCUT2D eigenvalue weighted by molar-refractivity contribution is 7.89. The number of hydrogen-bond acceptors (Lipinski definition) is 4. The lowest BCUT2D eigenvalue weighted by molar-refractivity contribution is -0.142. The van der Waals surface area contributed by atoms with Gasteiger partial charge >= 0.3 is 5.97 Å². The van der Waals surface area contributed by atoms with Crippen LogP contribution in [0.15, 0.2) is 29.2 Å². The van der Waals surface area contributed by atoms with Crippen molar-refractivity contribution in [3.63, 3.8) is 0 Å². The summed E-state index contributed by atoms with van der Waals surface area (Å²) in [4.78, 5) is 10.8. The molecule has 18 heavy (non-hydrogen) atoms. The van der Waals surface area contributed by atoms with Gasteiger partial charge in [0.15, 0.2) is 0 Å². The monoisotopic (exact) mass is 273 g/mol. The number of carbonyl (C=O) groups is 1. The Kier molecular flexibility index (Phi) is 3.98. The first kappa shape index (κ1) is 14.5. The van der Waals surface area contributed by atoms with Gasteiger partial charge in [0, 0.05) is 0 Å². The van der Waals surface area contributed by atoms with Crippen LogP contribution in [0.25, 0.3) is 0 Å². The lowest BCUT2D eigenvalue weighted by atomic mass is 10.1. The molecule has 0 spiro atoms. The Morgan fingerprint density at radius 2 is 1.89 bits per heavy atom. The summed E-state index contributed by atoms with van der Waals surface area (Å²) in [5.41, 5.74) is -1.60. The predicted octanol–water partition coefficient (Wildman–Crippen LogP) is 0.837. The van der Waals surface area contributed by atoms with E-state index >= 15 is 0 Å². The van der Waals surface area contributed by atoms with E-state index in [4.69, 9.17) is 9.84 Å². The van der Waals surface area contributed by atoms with E-state index in [9.17, 15) is 13.2 Å². The SMILES string of the molecule is COc1ccccc1S(=O)(=O)NC(C)(C)C(=O)O. The molecule has 6 nitrogen and oxygen atoms in total. The number of para-hydroxylation sites is 1. The summed E-state index contributed by atoms with van der Waals surface area (Å²) in [6.07, 6.45) is 0. The average molecular weight is 273 g/mol. The number of carboxylic acid groups (broad SMARTS) is 1. The number of aliphatic carboxylic acids is 1. The maximum absolute atomic E-state index is 12.1. The van der Waals surface area contributed by atoms with E-state index < -0.39 is 21.5 Å². The number of carboxylic acids is 1. The van der Waals surface area contributed by atoms with E-state index in [1.54, 1.807) is 6.07 Å². The van der Waals surface area contributed by atoms with E-state index in [2.05, 4.69) is 4.72 Å². The van der Waals surface area contributed by atoms with Crippen LogP contribution >= 0.6 is 0 Å². The number of nitrogens with one attached hydrogen (secondary N) is 1. The van der Waals surface area contributed by atoms with Crippen LogP contribution in [0, 0.1) is 0 Å². The number of ether oxygens (including phenoxy) is 1. The standard InChI is InChI=1S/C11H15NO5S/c1-11(2,10(13)14)12-18(15,16)9-7-5-4-6-8(9)17-3/h4-7,12H,1-3H3,(H,13,14). The molecule has 0 unspecified atom stereocenters. The number of methoxy groups -OCH3 is 1. The molecule has 0 saturated heterocycles. The summed E-state index contributed by atoms with van der Waals surface area (Å²) < 4.78 is 31.2. The summed E-state index contributed by atoms with van der Waals surface area (Å²) in [7, 11) is -2.62. The smallest absolute Gasteiger partial charge is 0.324 e. The Bertz CT molecular complexity index is 550. The molecule has 1 rings (SSSR count). The second kappa shape index (κ2) is 4.95. The number of hydrogen-bond donors (Lipinski definition) is 2. The second-order valence-electron chi connectivity index (χ2n) is 4.19. The van der Waals surface area contributed by atoms with Crippen molar-refractivity contribution >= 4 is 16.0 Å². The van der Waals surface area contributed by atoms with Crippen LogP contribution in [0.5, 0.6) is 5.75 Å². The summed E-state index contributed by atoms with van der Waals surface area (Å²) in [5, 5.41) is 8.92. The van der Waals surface area contributed by atoms with Gasteiger partial charge in [0.1, 0.15) is 16.2 Å². The summed E-state index contributed by atoms with van der Waals surface area (Å²) in [5.74, 6) is -1.10. The van der Waals surface area contributed by atoms with Gasteiger partial charge in [0.2, 0.25) is 10.0 Å². The van der Waals surface area contributed by atoms with Crippen molar-refractivity contribution in [1.82, 2.24) is 4.72 Å². The van der Waals surface area contributed by atoms with Gasteiger partial charge in [-0.15, -0.1) is 0 Å². The zero-order valence-electron chi connectivity index (χ0n) is 10.3. The van der Waals surface area contributed by atoms with Crippen LogP contribution < -0.4 is 9.46 Å². The molecule has 1 aromatic rings. The van der Waals surface area contributed by atoms with E-state index in [1.165, 1.54) is 39.2 Å². The minimum Gasteiger partial charge on any atom is -0.495 e. The minimum absolute atomic E-state index is 0.0955. The molecule has 1 aromatic carbocycles. The molecular weight excluding hydrogens is 258 g/mol. The Labute approximate surface area is 106 Å². The van der Waals surface area contributed by atoms with Crippen molar-refractivity contribution in [2.45, 2.75) is 24.3 Å². The van der Waals surface area contributed by atoms with E-state index in [1.807, 2.05) is 0 Å².